The fourth-order valence-corrected chi connectivity index (χ4v) is 4.17. The third-order valence-electron chi connectivity index (χ3n) is 2.90. The van der Waals surface area contributed by atoms with Crippen molar-refractivity contribution in [2.45, 2.75) is 26.7 Å². The molecule has 0 spiro atoms. The number of nitrogens with zero attached hydrogens (tertiary/aromatic N) is 2. The zero-order valence-electron chi connectivity index (χ0n) is 13.3. The van der Waals surface area contributed by atoms with E-state index < -0.39 is 0 Å². The number of thiazole rings is 1. The van der Waals surface area contributed by atoms with Crippen LogP contribution in [-0.4, -0.2) is 30.6 Å². The Bertz CT molecular complexity index is 612. The van der Waals surface area contributed by atoms with Crippen LogP contribution in [0.1, 0.15) is 21.7 Å². The quantitative estimate of drug-likeness (QED) is 0.321. The Morgan fingerprint density at radius 3 is 2.70 bits per heavy atom. The van der Waals surface area contributed by atoms with Crippen molar-refractivity contribution in [3.8, 4) is 0 Å². The molecule has 0 unspecified atom stereocenters. The number of aromatic nitrogens is 1. The smallest absolute Gasteiger partial charge is 0.191 e. The van der Waals surface area contributed by atoms with Gasteiger partial charge in [-0.25, -0.2) is 4.98 Å². The predicted molar refractivity (Wildman–Crippen MR) is 116 cm³/mol. The topological polar surface area (TPSA) is 49.3 Å². The zero-order valence-corrected chi connectivity index (χ0v) is 18.8. The molecule has 2 N–H and O–H groups in total. The van der Waals surface area contributed by atoms with Crippen LogP contribution in [0.2, 0.25) is 0 Å². The van der Waals surface area contributed by atoms with E-state index in [9.17, 15) is 0 Å². The van der Waals surface area contributed by atoms with Gasteiger partial charge in [0.1, 0.15) is 0 Å². The molecule has 0 aliphatic heterocycles. The molecule has 8 heteroatoms. The van der Waals surface area contributed by atoms with Crippen LogP contribution in [0.25, 0.3) is 0 Å². The minimum absolute atomic E-state index is 0. The maximum Gasteiger partial charge on any atom is 0.191 e. The number of hydrogen-bond donors (Lipinski definition) is 2. The van der Waals surface area contributed by atoms with E-state index in [2.05, 4.69) is 62.5 Å². The van der Waals surface area contributed by atoms with Crippen molar-refractivity contribution in [2.24, 2.45) is 4.99 Å². The third kappa shape index (κ3) is 7.95. The zero-order chi connectivity index (χ0) is 15.8. The van der Waals surface area contributed by atoms with Crippen molar-refractivity contribution in [2.75, 3.05) is 19.6 Å². The first-order valence-corrected chi connectivity index (χ1v) is 9.77. The standard InChI is InChI=1S/C15H21BrN4S2.HI/c1-3-17-15(18-8-6-12-4-5-13(16)22-12)19-9-7-14-20-10-11(2)21-14;/h4-5,10H,3,6-9H2,1-2H3,(H2,17,18,19);1H. The van der Waals surface area contributed by atoms with E-state index in [1.165, 1.54) is 13.5 Å². The lowest BCUT2D eigenvalue weighted by Crippen LogP contribution is -2.38. The summed E-state index contributed by atoms with van der Waals surface area (Å²) in [5, 5.41) is 7.82. The number of thiophene rings is 1. The summed E-state index contributed by atoms with van der Waals surface area (Å²) >= 11 is 7.02. The van der Waals surface area contributed by atoms with Crippen LogP contribution in [0.3, 0.4) is 0 Å². The first-order valence-electron chi connectivity index (χ1n) is 7.35. The summed E-state index contributed by atoms with van der Waals surface area (Å²) in [6.07, 6.45) is 3.83. The van der Waals surface area contributed by atoms with E-state index in [-0.39, 0.29) is 24.0 Å². The molecular formula is C15H22BrIN4S2. The molecule has 2 aromatic rings. The Hall–Kier alpha value is -0.190. The summed E-state index contributed by atoms with van der Waals surface area (Å²) in [5.74, 6) is 0.881. The largest absolute Gasteiger partial charge is 0.357 e. The Labute approximate surface area is 171 Å². The van der Waals surface area contributed by atoms with E-state index in [0.29, 0.717) is 0 Å². The molecule has 0 saturated carbocycles. The fourth-order valence-electron chi connectivity index (χ4n) is 1.91. The second-order valence-electron chi connectivity index (χ2n) is 4.76. The van der Waals surface area contributed by atoms with Gasteiger partial charge in [0.15, 0.2) is 5.96 Å². The molecule has 2 rings (SSSR count). The van der Waals surface area contributed by atoms with Crippen LogP contribution in [0.5, 0.6) is 0 Å². The molecule has 2 aromatic heterocycles. The van der Waals surface area contributed by atoms with Crippen LogP contribution in [0.4, 0.5) is 0 Å². The SMILES string of the molecule is CCNC(=NCCc1ncc(C)s1)NCCc1ccc(Br)s1.I. The van der Waals surface area contributed by atoms with E-state index >= 15 is 0 Å². The van der Waals surface area contributed by atoms with E-state index in [4.69, 9.17) is 0 Å². The van der Waals surface area contributed by atoms with E-state index in [1.807, 2.05) is 6.20 Å². The van der Waals surface area contributed by atoms with Gasteiger partial charge >= 0.3 is 0 Å². The molecule has 23 heavy (non-hydrogen) atoms. The van der Waals surface area contributed by atoms with Crippen molar-refractivity contribution in [1.82, 2.24) is 15.6 Å². The molecule has 0 amide bonds. The molecule has 0 aromatic carbocycles. The lowest BCUT2D eigenvalue weighted by molar-refractivity contribution is 0.801. The van der Waals surface area contributed by atoms with Gasteiger partial charge in [-0.2, -0.15) is 0 Å². The van der Waals surface area contributed by atoms with Gasteiger partial charge in [0.05, 0.1) is 8.79 Å². The van der Waals surface area contributed by atoms with E-state index in [0.717, 1.165) is 43.4 Å². The molecule has 0 saturated heterocycles. The highest BCUT2D eigenvalue weighted by Gasteiger charge is 2.01. The second kappa shape index (κ2) is 11.4. The minimum Gasteiger partial charge on any atom is -0.357 e. The second-order valence-corrected chi connectivity index (χ2v) is 8.62. The lowest BCUT2D eigenvalue weighted by Gasteiger charge is -2.10. The first-order chi connectivity index (χ1) is 10.7. The number of aryl methyl sites for hydroxylation is 1. The maximum absolute atomic E-state index is 4.61. The summed E-state index contributed by atoms with van der Waals surface area (Å²) < 4.78 is 1.18. The van der Waals surface area contributed by atoms with Gasteiger partial charge in [-0.05, 0) is 48.3 Å². The molecule has 0 aliphatic rings. The minimum atomic E-state index is 0. The maximum atomic E-state index is 4.61. The highest BCUT2D eigenvalue weighted by molar-refractivity contribution is 14.0. The molecule has 0 aliphatic carbocycles. The lowest BCUT2D eigenvalue weighted by atomic mass is 10.3. The van der Waals surface area contributed by atoms with Gasteiger partial charge in [-0.3, -0.25) is 4.99 Å². The van der Waals surface area contributed by atoms with Gasteiger partial charge in [0, 0.05) is 42.0 Å². The first kappa shape index (κ1) is 20.9. The number of nitrogens with one attached hydrogen (secondary N) is 2. The highest BCUT2D eigenvalue weighted by atomic mass is 127. The molecule has 0 fully saturated rings. The Kier molecular flexibility index (Phi) is 10.3. The molecule has 2 heterocycles. The van der Waals surface area contributed by atoms with Crippen LogP contribution in [0, 0.1) is 6.92 Å². The number of hydrogen-bond acceptors (Lipinski definition) is 4. The van der Waals surface area contributed by atoms with Crippen LogP contribution in [0.15, 0.2) is 27.1 Å². The number of aliphatic imine (C=N–C) groups is 1. The molecule has 4 nitrogen and oxygen atoms in total. The summed E-state index contributed by atoms with van der Waals surface area (Å²) in [6.45, 7) is 6.67. The summed E-state index contributed by atoms with van der Waals surface area (Å²) in [5.41, 5.74) is 0. The summed E-state index contributed by atoms with van der Waals surface area (Å²) in [7, 11) is 0. The van der Waals surface area contributed by atoms with Gasteiger partial charge < -0.3 is 10.6 Å². The van der Waals surface area contributed by atoms with Crippen molar-refractivity contribution < 1.29 is 0 Å². The molecule has 0 atom stereocenters. The average molecular weight is 529 g/mol. The van der Waals surface area contributed by atoms with Crippen LogP contribution in [-0.2, 0) is 12.8 Å². The van der Waals surface area contributed by atoms with Crippen molar-refractivity contribution in [3.63, 3.8) is 0 Å². The number of guanidine groups is 1. The van der Waals surface area contributed by atoms with Crippen LogP contribution < -0.4 is 10.6 Å². The number of halogens is 2. The highest BCUT2D eigenvalue weighted by Crippen LogP contribution is 2.22. The van der Waals surface area contributed by atoms with Gasteiger partial charge in [0.2, 0.25) is 0 Å². The van der Waals surface area contributed by atoms with Gasteiger partial charge in [0.25, 0.3) is 0 Å². The van der Waals surface area contributed by atoms with Gasteiger partial charge in [-0.15, -0.1) is 46.7 Å². The van der Waals surface area contributed by atoms with Crippen molar-refractivity contribution in [3.05, 3.63) is 36.9 Å². The van der Waals surface area contributed by atoms with E-state index in [1.54, 1.807) is 22.7 Å². The molecule has 128 valence electrons. The third-order valence-corrected chi connectivity index (χ3v) is 5.56. The normalized spacial score (nSPS) is 11.2. The summed E-state index contributed by atoms with van der Waals surface area (Å²) in [4.78, 5) is 11.6. The Morgan fingerprint density at radius 2 is 2.09 bits per heavy atom. The van der Waals surface area contributed by atoms with Crippen molar-refractivity contribution >= 4 is 68.5 Å². The van der Waals surface area contributed by atoms with Gasteiger partial charge in [-0.1, -0.05) is 0 Å². The molecular weight excluding hydrogens is 507 g/mol. The van der Waals surface area contributed by atoms with Crippen molar-refractivity contribution in [1.29, 1.82) is 0 Å². The Balaban J connectivity index is 0.00000264. The predicted octanol–water partition coefficient (Wildman–Crippen LogP) is 4.23. The molecule has 0 bridgehead atoms. The van der Waals surface area contributed by atoms with Crippen LogP contribution >= 0.6 is 62.6 Å². The Morgan fingerprint density at radius 1 is 1.26 bits per heavy atom. The molecule has 0 radical (unpaired) electrons. The fraction of sp³-hybridized carbons (Fsp3) is 0.467. The number of rotatable bonds is 7. The average Bonchev–Trinajstić information content (AvgIpc) is 3.08. The monoisotopic (exact) mass is 528 g/mol. The summed E-state index contributed by atoms with van der Waals surface area (Å²) in [6, 6.07) is 4.25.